The van der Waals surface area contributed by atoms with E-state index in [0.717, 1.165) is 12.8 Å². The number of nitrogens with one attached hydrogen (secondary N) is 1. The summed E-state index contributed by atoms with van der Waals surface area (Å²) < 4.78 is 0.642. The van der Waals surface area contributed by atoms with Crippen LogP contribution in [0.5, 0.6) is 0 Å². The molecule has 2 aromatic heterocycles. The van der Waals surface area contributed by atoms with Crippen molar-refractivity contribution in [2.45, 2.75) is 48.7 Å². The molecule has 0 spiro atoms. The van der Waals surface area contributed by atoms with Crippen molar-refractivity contribution >= 4 is 56.4 Å². The fourth-order valence-corrected chi connectivity index (χ4v) is 5.04. The van der Waals surface area contributed by atoms with Crippen molar-refractivity contribution in [1.82, 2.24) is 10.2 Å². The summed E-state index contributed by atoms with van der Waals surface area (Å²) in [6.45, 7) is 3.61. The predicted octanol–water partition coefficient (Wildman–Crippen LogP) is 3.50. The average molecular weight is 408 g/mol. The molecule has 1 saturated carbocycles. The fraction of sp³-hybridized carbons (Fsp3) is 0.438. The molecule has 2 heterocycles. The first-order valence-electron chi connectivity index (χ1n) is 8.14. The lowest BCUT2D eigenvalue weighted by molar-refractivity contribution is -0.118. The predicted molar refractivity (Wildman–Crippen MR) is 104 cm³/mol. The summed E-state index contributed by atoms with van der Waals surface area (Å²) in [6.07, 6.45) is 2.42. The highest BCUT2D eigenvalue weighted by Gasteiger charge is 2.35. The molecule has 136 valence electrons. The van der Waals surface area contributed by atoms with Gasteiger partial charge in [-0.3, -0.25) is 14.5 Å². The standard InChI is InChI=1S/C16H17N5O2S3/c1-3-12(22)21(11-4-5-11)15-19-20-16(26-15)25-9(2)13(23)18-14-10(8-17)6-7-24-14/h6-7,9,11H,3-5H2,1-2H3,(H,18,23). The van der Waals surface area contributed by atoms with E-state index in [1.807, 2.05) is 13.0 Å². The smallest absolute Gasteiger partial charge is 0.238 e. The third-order valence-corrected chi connectivity index (χ3v) is 6.69. The normalized spacial score (nSPS) is 14.5. The average Bonchev–Trinajstić information content (AvgIpc) is 3.18. The number of thiophene rings is 1. The van der Waals surface area contributed by atoms with Gasteiger partial charge in [0.05, 0.1) is 10.8 Å². The number of carbonyl (C=O) groups excluding carboxylic acids is 2. The van der Waals surface area contributed by atoms with E-state index in [1.165, 1.54) is 34.4 Å². The second kappa shape index (κ2) is 8.16. The van der Waals surface area contributed by atoms with Crippen LogP contribution in [-0.4, -0.2) is 33.3 Å². The van der Waals surface area contributed by atoms with Crippen molar-refractivity contribution in [3.05, 3.63) is 17.0 Å². The Bertz CT molecular complexity index is 852. The molecule has 0 bridgehead atoms. The zero-order chi connectivity index (χ0) is 18.7. The molecule has 1 unspecified atom stereocenters. The van der Waals surface area contributed by atoms with Crippen LogP contribution < -0.4 is 10.2 Å². The van der Waals surface area contributed by atoms with Crippen LogP contribution in [0, 0.1) is 11.3 Å². The molecule has 7 nitrogen and oxygen atoms in total. The second-order valence-electron chi connectivity index (χ2n) is 5.72. The Balaban J connectivity index is 1.64. The van der Waals surface area contributed by atoms with Gasteiger partial charge in [-0.25, -0.2) is 0 Å². The highest BCUT2D eigenvalue weighted by molar-refractivity contribution is 8.02. The first-order valence-corrected chi connectivity index (χ1v) is 10.7. The minimum atomic E-state index is -0.402. The highest BCUT2D eigenvalue weighted by Crippen LogP contribution is 2.37. The number of hydrogen-bond donors (Lipinski definition) is 1. The topological polar surface area (TPSA) is 99.0 Å². The van der Waals surface area contributed by atoms with E-state index in [9.17, 15) is 9.59 Å². The number of aromatic nitrogens is 2. The molecule has 0 aliphatic heterocycles. The Hall–Kier alpha value is -1.96. The number of nitriles is 1. The van der Waals surface area contributed by atoms with Gasteiger partial charge >= 0.3 is 0 Å². The van der Waals surface area contributed by atoms with Gasteiger partial charge in [0.25, 0.3) is 0 Å². The van der Waals surface area contributed by atoms with Gasteiger partial charge in [0.15, 0.2) is 4.34 Å². The number of thioether (sulfide) groups is 1. The van der Waals surface area contributed by atoms with Crippen LogP contribution in [0.1, 0.15) is 38.7 Å². The van der Waals surface area contributed by atoms with Crippen LogP contribution in [0.25, 0.3) is 0 Å². The maximum absolute atomic E-state index is 12.4. The van der Waals surface area contributed by atoms with E-state index in [1.54, 1.807) is 23.3 Å². The maximum atomic E-state index is 12.4. The number of nitrogens with zero attached hydrogens (tertiary/aromatic N) is 4. The van der Waals surface area contributed by atoms with Crippen LogP contribution >= 0.6 is 34.4 Å². The van der Waals surface area contributed by atoms with Crippen molar-refractivity contribution in [1.29, 1.82) is 5.26 Å². The Labute approximate surface area is 163 Å². The number of anilines is 2. The van der Waals surface area contributed by atoms with E-state index < -0.39 is 5.25 Å². The van der Waals surface area contributed by atoms with E-state index in [-0.39, 0.29) is 17.9 Å². The van der Waals surface area contributed by atoms with Crippen LogP contribution in [0.2, 0.25) is 0 Å². The molecule has 1 aliphatic carbocycles. The molecule has 1 aliphatic rings. The molecule has 1 atom stereocenters. The van der Waals surface area contributed by atoms with Gasteiger partial charge in [-0.1, -0.05) is 30.0 Å². The molecule has 3 rings (SSSR count). The first-order chi connectivity index (χ1) is 12.5. The van der Waals surface area contributed by atoms with Gasteiger partial charge in [-0.15, -0.1) is 21.5 Å². The quantitative estimate of drug-likeness (QED) is 0.557. The van der Waals surface area contributed by atoms with Gasteiger partial charge in [-0.2, -0.15) is 5.26 Å². The number of rotatable bonds is 7. The summed E-state index contributed by atoms with van der Waals surface area (Å²) in [6, 6.07) is 3.96. The number of carbonyl (C=O) groups is 2. The monoisotopic (exact) mass is 407 g/mol. The van der Waals surface area contributed by atoms with E-state index in [4.69, 9.17) is 5.26 Å². The van der Waals surface area contributed by atoms with Crippen LogP contribution in [0.4, 0.5) is 10.1 Å². The van der Waals surface area contributed by atoms with Gasteiger partial charge in [0.1, 0.15) is 11.1 Å². The summed E-state index contributed by atoms with van der Waals surface area (Å²) in [5, 5.41) is 22.6. The summed E-state index contributed by atoms with van der Waals surface area (Å²) in [5.74, 6) is -0.151. The summed E-state index contributed by atoms with van der Waals surface area (Å²) in [7, 11) is 0. The maximum Gasteiger partial charge on any atom is 0.238 e. The van der Waals surface area contributed by atoms with Gasteiger partial charge < -0.3 is 5.32 Å². The van der Waals surface area contributed by atoms with E-state index in [2.05, 4.69) is 15.5 Å². The Morgan fingerprint density at radius 3 is 2.92 bits per heavy atom. The largest absolute Gasteiger partial charge is 0.316 e. The van der Waals surface area contributed by atoms with Gasteiger partial charge in [0, 0.05) is 12.5 Å². The zero-order valence-corrected chi connectivity index (χ0v) is 16.7. The minimum absolute atomic E-state index is 0.0488. The Kier molecular flexibility index (Phi) is 5.90. The molecule has 0 saturated heterocycles. The van der Waals surface area contributed by atoms with Crippen molar-refractivity contribution in [2.75, 3.05) is 10.2 Å². The van der Waals surface area contributed by atoms with E-state index >= 15 is 0 Å². The molecular weight excluding hydrogens is 390 g/mol. The molecular formula is C16H17N5O2S3. The lowest BCUT2D eigenvalue weighted by Crippen LogP contribution is -2.32. The van der Waals surface area contributed by atoms with Crippen LogP contribution in [0.3, 0.4) is 0 Å². The van der Waals surface area contributed by atoms with Gasteiger partial charge in [0.2, 0.25) is 16.9 Å². The first kappa shape index (κ1) is 18.8. The summed E-state index contributed by atoms with van der Waals surface area (Å²) in [5.41, 5.74) is 0.455. The third kappa shape index (κ3) is 4.23. The zero-order valence-electron chi connectivity index (χ0n) is 14.3. The molecule has 2 amide bonds. The molecule has 0 radical (unpaired) electrons. The summed E-state index contributed by atoms with van der Waals surface area (Å²) >= 11 is 3.94. The molecule has 10 heteroatoms. The number of hydrogen-bond acceptors (Lipinski definition) is 8. The van der Waals surface area contributed by atoms with Crippen molar-refractivity contribution in [2.24, 2.45) is 0 Å². The van der Waals surface area contributed by atoms with E-state index in [0.29, 0.717) is 26.5 Å². The third-order valence-electron chi connectivity index (χ3n) is 3.75. The summed E-state index contributed by atoms with van der Waals surface area (Å²) in [4.78, 5) is 26.2. The molecule has 1 N–H and O–H groups in total. The molecule has 1 fully saturated rings. The van der Waals surface area contributed by atoms with Crippen LogP contribution in [-0.2, 0) is 9.59 Å². The number of amides is 2. The Morgan fingerprint density at radius 1 is 1.50 bits per heavy atom. The lowest BCUT2D eigenvalue weighted by Gasteiger charge is -2.17. The van der Waals surface area contributed by atoms with Crippen molar-refractivity contribution in [3.8, 4) is 6.07 Å². The molecule has 2 aromatic rings. The van der Waals surface area contributed by atoms with Crippen LogP contribution in [0.15, 0.2) is 15.8 Å². The lowest BCUT2D eigenvalue weighted by atomic mass is 10.3. The molecule has 26 heavy (non-hydrogen) atoms. The minimum Gasteiger partial charge on any atom is -0.316 e. The SMILES string of the molecule is CCC(=O)N(c1nnc(SC(C)C(=O)Nc2sccc2C#N)s1)C1CC1. The Morgan fingerprint density at radius 2 is 2.27 bits per heavy atom. The van der Waals surface area contributed by atoms with Crippen molar-refractivity contribution in [3.63, 3.8) is 0 Å². The van der Waals surface area contributed by atoms with Crippen molar-refractivity contribution < 1.29 is 9.59 Å². The fourth-order valence-electron chi connectivity index (χ4n) is 2.23. The molecule has 0 aromatic carbocycles. The second-order valence-corrected chi connectivity index (χ2v) is 9.18. The highest BCUT2D eigenvalue weighted by atomic mass is 32.2. The van der Waals surface area contributed by atoms with Gasteiger partial charge in [-0.05, 0) is 31.2 Å².